The second kappa shape index (κ2) is 11.1. The van der Waals surface area contributed by atoms with Crippen molar-refractivity contribution in [3.63, 3.8) is 0 Å². The maximum Gasteiger partial charge on any atom is 0.338 e. The van der Waals surface area contributed by atoms with Gasteiger partial charge in [-0.15, -0.1) is 0 Å². The molecular weight excluding hydrogens is 544 g/mol. The minimum Gasteiger partial charge on any atom is -0.497 e. The molecule has 0 fully saturated rings. The van der Waals surface area contributed by atoms with Crippen molar-refractivity contribution >= 4 is 29.4 Å². The molecule has 4 aromatic rings. The van der Waals surface area contributed by atoms with Crippen LogP contribution in [0.1, 0.15) is 54.1 Å². The number of benzene rings is 2. The zero-order chi connectivity index (χ0) is 29.4. The zero-order valence-corrected chi connectivity index (χ0v) is 23.9. The molecule has 3 heterocycles. The van der Waals surface area contributed by atoms with Gasteiger partial charge in [0.25, 0.3) is 5.56 Å². The number of rotatable bonds is 7. The van der Waals surface area contributed by atoms with Gasteiger partial charge < -0.3 is 19.0 Å². The molecule has 1 N–H and O–H groups in total. The number of esters is 1. The third kappa shape index (κ3) is 5.26. The summed E-state index contributed by atoms with van der Waals surface area (Å²) in [6, 6.07) is 14.9. The van der Waals surface area contributed by atoms with Crippen LogP contribution in [0.3, 0.4) is 0 Å². The molecule has 0 saturated heterocycles. The van der Waals surface area contributed by atoms with Crippen molar-refractivity contribution in [1.82, 2.24) is 4.57 Å². The molecule has 0 spiro atoms. The van der Waals surface area contributed by atoms with E-state index in [0.29, 0.717) is 49.0 Å². The van der Waals surface area contributed by atoms with Crippen LogP contribution in [0.25, 0.3) is 17.4 Å². The van der Waals surface area contributed by atoms with E-state index < -0.39 is 18.0 Å². The van der Waals surface area contributed by atoms with Gasteiger partial charge in [0.2, 0.25) is 0 Å². The summed E-state index contributed by atoms with van der Waals surface area (Å²) in [4.78, 5) is 43.7. The number of aromatic carboxylic acids is 1. The zero-order valence-electron chi connectivity index (χ0n) is 23.1. The van der Waals surface area contributed by atoms with E-state index in [1.165, 1.54) is 22.0 Å². The molecule has 1 aliphatic rings. The summed E-state index contributed by atoms with van der Waals surface area (Å²) >= 11 is 1.19. The second-order valence-corrected chi connectivity index (χ2v) is 10.8. The van der Waals surface area contributed by atoms with Crippen molar-refractivity contribution in [3.8, 4) is 17.1 Å². The molecule has 0 amide bonds. The Morgan fingerprint density at radius 3 is 2.49 bits per heavy atom. The molecule has 0 aliphatic carbocycles. The summed E-state index contributed by atoms with van der Waals surface area (Å²) in [5, 5.41) is 9.47. The first-order chi connectivity index (χ1) is 19.6. The van der Waals surface area contributed by atoms with Crippen LogP contribution in [0.4, 0.5) is 0 Å². The molecule has 9 nitrogen and oxygen atoms in total. The van der Waals surface area contributed by atoms with Crippen molar-refractivity contribution in [3.05, 3.63) is 108 Å². The lowest BCUT2D eigenvalue weighted by Gasteiger charge is -2.25. The van der Waals surface area contributed by atoms with Crippen molar-refractivity contribution in [2.45, 2.75) is 39.8 Å². The number of hydrogen-bond acceptors (Lipinski definition) is 8. The number of hydrogen-bond donors (Lipinski definition) is 1. The molecule has 10 heteroatoms. The fourth-order valence-corrected chi connectivity index (χ4v) is 5.83. The Morgan fingerprint density at radius 1 is 1.10 bits per heavy atom. The molecule has 5 rings (SSSR count). The Hall–Kier alpha value is -4.70. The number of furan rings is 1. The highest BCUT2D eigenvalue weighted by Gasteiger charge is 2.33. The summed E-state index contributed by atoms with van der Waals surface area (Å²) in [6.07, 6.45) is 1.28. The van der Waals surface area contributed by atoms with Gasteiger partial charge in [-0.1, -0.05) is 35.6 Å². The number of carbonyl (C=O) groups excluding carboxylic acids is 1. The maximum absolute atomic E-state index is 13.8. The molecule has 2 aromatic heterocycles. The van der Waals surface area contributed by atoms with Crippen molar-refractivity contribution in [2.24, 2.45) is 4.99 Å². The molecule has 1 aliphatic heterocycles. The fraction of sp³-hybridized carbons (Fsp3) is 0.226. The first-order valence-electron chi connectivity index (χ1n) is 12.9. The van der Waals surface area contributed by atoms with Crippen LogP contribution < -0.4 is 19.6 Å². The lowest BCUT2D eigenvalue weighted by atomic mass is 9.96. The van der Waals surface area contributed by atoms with E-state index >= 15 is 0 Å². The monoisotopic (exact) mass is 572 g/mol. The number of methoxy groups -OCH3 is 1. The van der Waals surface area contributed by atoms with E-state index in [1.807, 2.05) is 12.1 Å². The number of ether oxygens (including phenoxy) is 2. The first kappa shape index (κ1) is 27.9. The third-order valence-electron chi connectivity index (χ3n) is 6.75. The summed E-state index contributed by atoms with van der Waals surface area (Å²) in [5.74, 6) is -0.00987. The van der Waals surface area contributed by atoms with Gasteiger partial charge in [0.05, 0.1) is 40.6 Å². The minimum absolute atomic E-state index is 0.189. The van der Waals surface area contributed by atoms with Crippen molar-refractivity contribution in [1.29, 1.82) is 0 Å². The smallest absolute Gasteiger partial charge is 0.338 e. The fourth-order valence-electron chi connectivity index (χ4n) is 4.80. The number of thiazole rings is 1. The Balaban J connectivity index is 1.62. The Labute approximate surface area is 239 Å². The molecule has 41 heavy (non-hydrogen) atoms. The standard InChI is InChI=1S/C31H28N2O7S/c1-16(2)39-30(37)26-18(4)32-31-33(27(26)19-9-11-20(38-5)12-10-19)28(34)25(41-31)15-21-13-14-24(40-21)22-7-6-8-23(17(22)3)29(35)36/h6-16,27H,1-5H3,(H,35,36). The highest BCUT2D eigenvalue weighted by atomic mass is 32.1. The van der Waals surface area contributed by atoms with E-state index in [1.54, 1.807) is 77.3 Å². The SMILES string of the molecule is COc1ccc(C2C(C(=O)OC(C)C)=C(C)N=c3sc(=Cc4ccc(-c5cccc(C(=O)O)c5C)o4)c(=O)n32)cc1. The van der Waals surface area contributed by atoms with E-state index in [-0.39, 0.29) is 22.8 Å². The Morgan fingerprint density at radius 2 is 1.83 bits per heavy atom. The summed E-state index contributed by atoms with van der Waals surface area (Å²) in [7, 11) is 1.57. The van der Waals surface area contributed by atoms with Crippen LogP contribution in [0.5, 0.6) is 5.75 Å². The average Bonchev–Trinajstić information content (AvgIpc) is 3.51. The van der Waals surface area contributed by atoms with Crippen LogP contribution in [-0.2, 0) is 9.53 Å². The molecule has 210 valence electrons. The number of carboxylic acids is 1. The molecular formula is C31H28N2O7S. The van der Waals surface area contributed by atoms with E-state index in [4.69, 9.17) is 13.9 Å². The predicted octanol–water partition coefficient (Wildman–Crippen LogP) is 4.46. The van der Waals surface area contributed by atoms with Crippen molar-refractivity contribution in [2.75, 3.05) is 7.11 Å². The number of carboxylic acid groups (broad SMARTS) is 1. The minimum atomic E-state index is -1.02. The number of allylic oxidation sites excluding steroid dienone is 1. The first-order valence-corrected chi connectivity index (χ1v) is 13.7. The summed E-state index contributed by atoms with van der Waals surface area (Å²) < 4.78 is 18.7. The third-order valence-corrected chi connectivity index (χ3v) is 7.73. The molecule has 1 atom stereocenters. The van der Waals surface area contributed by atoms with Gasteiger partial charge in [-0.25, -0.2) is 14.6 Å². The molecule has 0 bridgehead atoms. The number of aromatic nitrogens is 1. The van der Waals surface area contributed by atoms with E-state index in [9.17, 15) is 19.5 Å². The molecule has 0 saturated carbocycles. The van der Waals surface area contributed by atoms with Crippen LogP contribution in [0.2, 0.25) is 0 Å². The van der Waals surface area contributed by atoms with Gasteiger partial charge in [0, 0.05) is 11.6 Å². The van der Waals surface area contributed by atoms with Gasteiger partial charge in [-0.3, -0.25) is 9.36 Å². The Bertz CT molecular complexity index is 1870. The lowest BCUT2D eigenvalue weighted by molar-refractivity contribution is -0.143. The summed E-state index contributed by atoms with van der Waals surface area (Å²) in [5.41, 5.74) is 2.55. The normalized spacial score (nSPS) is 15.1. The highest BCUT2D eigenvalue weighted by molar-refractivity contribution is 7.07. The number of nitrogens with zero attached hydrogens (tertiary/aromatic N) is 2. The maximum atomic E-state index is 13.8. The Kier molecular flexibility index (Phi) is 7.51. The predicted molar refractivity (Wildman–Crippen MR) is 154 cm³/mol. The second-order valence-electron chi connectivity index (χ2n) is 9.79. The van der Waals surface area contributed by atoms with Crippen LogP contribution in [0, 0.1) is 6.92 Å². The summed E-state index contributed by atoms with van der Waals surface area (Å²) in [6.45, 7) is 6.99. The molecule has 0 radical (unpaired) electrons. The van der Waals surface area contributed by atoms with Gasteiger partial charge in [-0.2, -0.15) is 0 Å². The van der Waals surface area contributed by atoms with E-state index in [0.717, 1.165) is 0 Å². The number of carbonyl (C=O) groups is 2. The quantitative estimate of drug-likeness (QED) is 0.325. The van der Waals surface area contributed by atoms with Gasteiger partial charge in [0.15, 0.2) is 4.80 Å². The largest absolute Gasteiger partial charge is 0.497 e. The highest BCUT2D eigenvalue weighted by Crippen LogP contribution is 2.32. The number of fused-ring (bicyclic) bond motifs is 1. The van der Waals surface area contributed by atoms with Gasteiger partial charge in [0.1, 0.15) is 17.3 Å². The van der Waals surface area contributed by atoms with Gasteiger partial charge in [-0.05, 0) is 69.2 Å². The average molecular weight is 573 g/mol. The molecule has 2 aromatic carbocycles. The van der Waals surface area contributed by atoms with Gasteiger partial charge >= 0.3 is 11.9 Å². The van der Waals surface area contributed by atoms with Crippen LogP contribution in [-0.4, -0.2) is 34.8 Å². The molecule has 1 unspecified atom stereocenters. The van der Waals surface area contributed by atoms with Crippen molar-refractivity contribution < 1.29 is 28.6 Å². The topological polar surface area (TPSA) is 120 Å². The van der Waals surface area contributed by atoms with Crippen LogP contribution in [0.15, 0.2) is 80.1 Å². The van der Waals surface area contributed by atoms with E-state index in [2.05, 4.69) is 4.99 Å². The van der Waals surface area contributed by atoms with Crippen LogP contribution >= 0.6 is 11.3 Å². The lowest BCUT2D eigenvalue weighted by Crippen LogP contribution is -2.40.